The van der Waals surface area contributed by atoms with Crippen molar-refractivity contribution in [1.82, 2.24) is 0 Å². The Bertz CT molecular complexity index is 404. The summed E-state index contributed by atoms with van der Waals surface area (Å²) >= 11 is 0. The molecule has 0 atom stereocenters. The Morgan fingerprint density at radius 1 is 1.06 bits per heavy atom. The zero-order valence-corrected chi connectivity index (χ0v) is 9.88. The Kier molecular flexibility index (Phi) is 4.98. The third kappa shape index (κ3) is 3.97. The average Bonchev–Trinajstić information content (AvgIpc) is 2.33. The highest BCUT2D eigenvalue weighted by atomic mass is 16.5. The van der Waals surface area contributed by atoms with Crippen LogP contribution in [0.3, 0.4) is 0 Å². The fourth-order valence-electron chi connectivity index (χ4n) is 1.44. The summed E-state index contributed by atoms with van der Waals surface area (Å²) in [5.74, 6) is -1.37. The first-order valence-electron chi connectivity index (χ1n) is 5.35. The van der Waals surface area contributed by atoms with Crippen LogP contribution in [0.1, 0.15) is 12.5 Å². The number of carboxylic acid groups (broad SMARTS) is 2. The molecule has 0 unspecified atom stereocenters. The van der Waals surface area contributed by atoms with Gasteiger partial charge in [0.15, 0.2) is 13.2 Å². The van der Waals surface area contributed by atoms with E-state index in [1.165, 1.54) is 0 Å². The normalized spacial score (nSPS) is 9.83. The molecule has 98 valence electrons. The summed E-state index contributed by atoms with van der Waals surface area (Å²) in [6.07, 6.45) is 0.546. The van der Waals surface area contributed by atoms with Gasteiger partial charge in [-0.2, -0.15) is 0 Å². The van der Waals surface area contributed by atoms with Crippen LogP contribution in [-0.4, -0.2) is 35.4 Å². The van der Waals surface area contributed by atoms with Gasteiger partial charge in [0.25, 0.3) is 0 Å². The minimum absolute atomic E-state index is 0.391. The number of aliphatic carboxylic acids is 2. The molecule has 0 aliphatic carbocycles. The van der Waals surface area contributed by atoms with Gasteiger partial charge in [-0.3, -0.25) is 0 Å². The van der Waals surface area contributed by atoms with Gasteiger partial charge in [0.05, 0.1) is 0 Å². The predicted octanol–water partition coefficient (Wildman–Crippen LogP) is 1.18. The number of ether oxygens (including phenoxy) is 2. The Labute approximate surface area is 104 Å². The quantitative estimate of drug-likeness (QED) is 0.758. The van der Waals surface area contributed by atoms with E-state index in [1.54, 1.807) is 18.2 Å². The van der Waals surface area contributed by atoms with E-state index < -0.39 is 25.2 Å². The highest BCUT2D eigenvalue weighted by Crippen LogP contribution is 2.29. The van der Waals surface area contributed by atoms with Crippen molar-refractivity contribution in [1.29, 1.82) is 0 Å². The zero-order chi connectivity index (χ0) is 13.5. The molecule has 0 saturated carbocycles. The van der Waals surface area contributed by atoms with Crippen LogP contribution in [0.15, 0.2) is 18.2 Å². The van der Waals surface area contributed by atoms with Crippen LogP contribution in [0.5, 0.6) is 11.5 Å². The van der Waals surface area contributed by atoms with Crippen LogP contribution in [0.2, 0.25) is 0 Å². The van der Waals surface area contributed by atoms with E-state index >= 15 is 0 Å². The van der Waals surface area contributed by atoms with Gasteiger partial charge in [0.2, 0.25) is 0 Å². The first-order valence-corrected chi connectivity index (χ1v) is 5.35. The monoisotopic (exact) mass is 254 g/mol. The maximum atomic E-state index is 10.4. The standard InChI is InChI=1S/C12H14O6/c1-2-8-9(17-6-11(13)14)4-3-5-10(8)18-7-12(15)16/h3-5H,2,6-7H2,1H3,(H,13,14)(H,15,16). The van der Waals surface area contributed by atoms with Gasteiger partial charge in [-0.25, -0.2) is 9.59 Å². The molecule has 0 aromatic heterocycles. The SMILES string of the molecule is CCc1c(OCC(=O)O)cccc1OCC(=O)O. The summed E-state index contributed by atoms with van der Waals surface area (Å²) < 4.78 is 10.2. The first kappa shape index (κ1) is 13.8. The van der Waals surface area contributed by atoms with Crippen molar-refractivity contribution in [3.63, 3.8) is 0 Å². The van der Waals surface area contributed by atoms with Crippen molar-refractivity contribution in [3.05, 3.63) is 23.8 Å². The highest BCUT2D eigenvalue weighted by Gasteiger charge is 2.11. The van der Waals surface area contributed by atoms with Gasteiger partial charge < -0.3 is 19.7 Å². The lowest BCUT2D eigenvalue weighted by Gasteiger charge is -2.13. The summed E-state index contributed by atoms with van der Waals surface area (Å²) in [5, 5.41) is 17.1. The molecule has 0 aliphatic heterocycles. The molecule has 0 aliphatic rings. The molecule has 0 heterocycles. The highest BCUT2D eigenvalue weighted by molar-refractivity contribution is 5.69. The molecule has 0 radical (unpaired) electrons. The molecule has 6 heteroatoms. The van der Waals surface area contributed by atoms with Gasteiger partial charge in [-0.15, -0.1) is 0 Å². The van der Waals surface area contributed by atoms with Crippen molar-refractivity contribution in [2.24, 2.45) is 0 Å². The molecule has 1 aromatic carbocycles. The maximum Gasteiger partial charge on any atom is 0.341 e. The molecule has 6 nitrogen and oxygen atoms in total. The molecule has 2 N–H and O–H groups in total. The van der Waals surface area contributed by atoms with Crippen molar-refractivity contribution in [2.45, 2.75) is 13.3 Å². The number of rotatable bonds is 7. The van der Waals surface area contributed by atoms with E-state index in [2.05, 4.69) is 0 Å². The smallest absolute Gasteiger partial charge is 0.341 e. The largest absolute Gasteiger partial charge is 0.481 e. The summed E-state index contributed by atoms with van der Waals surface area (Å²) in [6.45, 7) is 0.946. The van der Waals surface area contributed by atoms with Gasteiger partial charge in [0.1, 0.15) is 11.5 Å². The van der Waals surface area contributed by atoms with E-state index in [1.807, 2.05) is 6.92 Å². The minimum atomic E-state index is -1.08. The topological polar surface area (TPSA) is 93.1 Å². The van der Waals surface area contributed by atoms with Crippen molar-refractivity contribution in [3.8, 4) is 11.5 Å². The van der Waals surface area contributed by atoms with Crippen LogP contribution in [0.25, 0.3) is 0 Å². The summed E-state index contributed by atoms with van der Waals surface area (Å²) in [5.41, 5.74) is 0.653. The Hall–Kier alpha value is -2.24. The minimum Gasteiger partial charge on any atom is -0.481 e. The lowest BCUT2D eigenvalue weighted by molar-refractivity contribution is -0.140. The Morgan fingerprint density at radius 3 is 1.83 bits per heavy atom. The number of carboxylic acids is 2. The van der Waals surface area contributed by atoms with Crippen molar-refractivity contribution < 1.29 is 29.3 Å². The fourth-order valence-corrected chi connectivity index (χ4v) is 1.44. The molecule has 0 saturated heterocycles. The van der Waals surface area contributed by atoms with Crippen LogP contribution in [0, 0.1) is 0 Å². The van der Waals surface area contributed by atoms with Gasteiger partial charge >= 0.3 is 11.9 Å². The summed E-state index contributed by atoms with van der Waals surface area (Å²) in [4.78, 5) is 20.9. The third-order valence-electron chi connectivity index (χ3n) is 2.15. The zero-order valence-electron chi connectivity index (χ0n) is 9.88. The van der Waals surface area contributed by atoms with E-state index in [0.717, 1.165) is 0 Å². The fraction of sp³-hybridized carbons (Fsp3) is 0.333. The second-order valence-corrected chi connectivity index (χ2v) is 3.45. The van der Waals surface area contributed by atoms with E-state index in [0.29, 0.717) is 23.5 Å². The molecular formula is C12H14O6. The lowest BCUT2D eigenvalue weighted by Crippen LogP contribution is -2.13. The Balaban J connectivity index is 2.87. The first-order chi connectivity index (χ1) is 8.54. The number of hydrogen-bond acceptors (Lipinski definition) is 4. The van der Waals surface area contributed by atoms with E-state index in [4.69, 9.17) is 19.7 Å². The number of carbonyl (C=O) groups is 2. The van der Waals surface area contributed by atoms with Gasteiger partial charge in [-0.1, -0.05) is 13.0 Å². The Morgan fingerprint density at radius 2 is 1.50 bits per heavy atom. The van der Waals surface area contributed by atoms with E-state index in [-0.39, 0.29) is 0 Å². The second-order valence-electron chi connectivity index (χ2n) is 3.45. The molecular weight excluding hydrogens is 240 g/mol. The molecule has 0 spiro atoms. The number of hydrogen-bond donors (Lipinski definition) is 2. The number of benzene rings is 1. The predicted molar refractivity (Wildman–Crippen MR) is 62.1 cm³/mol. The molecule has 1 rings (SSSR count). The summed E-state index contributed by atoms with van der Waals surface area (Å²) in [7, 11) is 0. The van der Waals surface area contributed by atoms with Crippen molar-refractivity contribution >= 4 is 11.9 Å². The lowest BCUT2D eigenvalue weighted by atomic mass is 10.1. The van der Waals surface area contributed by atoms with Crippen LogP contribution in [-0.2, 0) is 16.0 Å². The third-order valence-corrected chi connectivity index (χ3v) is 2.15. The van der Waals surface area contributed by atoms with Crippen molar-refractivity contribution in [2.75, 3.05) is 13.2 Å². The van der Waals surface area contributed by atoms with E-state index in [9.17, 15) is 9.59 Å². The maximum absolute atomic E-state index is 10.4. The van der Waals surface area contributed by atoms with Gasteiger partial charge in [-0.05, 0) is 18.6 Å². The average molecular weight is 254 g/mol. The molecule has 18 heavy (non-hydrogen) atoms. The summed E-state index contributed by atoms with van der Waals surface area (Å²) in [6, 6.07) is 4.86. The van der Waals surface area contributed by atoms with Crippen LogP contribution in [0.4, 0.5) is 0 Å². The molecule has 0 amide bonds. The second kappa shape index (κ2) is 6.48. The van der Waals surface area contributed by atoms with Crippen LogP contribution < -0.4 is 9.47 Å². The molecule has 0 fully saturated rings. The van der Waals surface area contributed by atoms with Gasteiger partial charge in [0, 0.05) is 5.56 Å². The van der Waals surface area contributed by atoms with Crippen LogP contribution >= 0.6 is 0 Å². The molecule has 1 aromatic rings. The molecule has 0 bridgehead atoms.